The van der Waals surface area contributed by atoms with Crippen molar-refractivity contribution in [1.29, 1.82) is 0 Å². The maximum absolute atomic E-state index is 12.6. The highest BCUT2D eigenvalue weighted by Crippen LogP contribution is 2.38. The lowest BCUT2D eigenvalue weighted by atomic mass is 9.99. The summed E-state index contributed by atoms with van der Waals surface area (Å²) in [4.78, 5) is 32.5. The Hall–Kier alpha value is -3.42. The van der Waals surface area contributed by atoms with E-state index in [9.17, 15) is 9.59 Å². The molecule has 0 atom stereocenters. The van der Waals surface area contributed by atoms with Crippen molar-refractivity contribution in [2.45, 2.75) is 25.9 Å². The third-order valence-corrected chi connectivity index (χ3v) is 3.93. The summed E-state index contributed by atoms with van der Waals surface area (Å²) in [6, 6.07) is 4.87. The van der Waals surface area contributed by atoms with Gasteiger partial charge in [-0.15, -0.1) is 0 Å². The Morgan fingerprint density at radius 1 is 1.27 bits per heavy atom. The van der Waals surface area contributed by atoms with Crippen LogP contribution in [0.3, 0.4) is 0 Å². The molecule has 26 heavy (non-hydrogen) atoms. The molecular formula is C18H19N5O3. The Kier molecular flexibility index (Phi) is 4.33. The van der Waals surface area contributed by atoms with Gasteiger partial charge < -0.3 is 21.5 Å². The third kappa shape index (κ3) is 3.34. The first kappa shape index (κ1) is 17.4. The number of hydrogen-bond acceptors (Lipinski definition) is 6. The topological polar surface area (TPSA) is 133 Å². The highest BCUT2D eigenvalue weighted by molar-refractivity contribution is 6.25. The highest BCUT2D eigenvalue weighted by Gasteiger charge is 2.32. The van der Waals surface area contributed by atoms with Crippen molar-refractivity contribution in [1.82, 2.24) is 9.97 Å². The molecule has 0 unspecified atom stereocenters. The van der Waals surface area contributed by atoms with Crippen molar-refractivity contribution in [3.63, 3.8) is 0 Å². The van der Waals surface area contributed by atoms with Crippen molar-refractivity contribution >= 4 is 23.1 Å². The number of primary amides is 1. The Labute approximate surface area is 150 Å². The van der Waals surface area contributed by atoms with Crippen LogP contribution in [0.2, 0.25) is 0 Å². The summed E-state index contributed by atoms with van der Waals surface area (Å²) in [5.41, 5.74) is 12.0. The molecule has 0 bridgehead atoms. The van der Waals surface area contributed by atoms with Crippen LogP contribution in [-0.2, 0) is 11.2 Å². The third-order valence-electron chi connectivity index (χ3n) is 3.93. The number of anilines is 1. The number of aromatic nitrogens is 2. The summed E-state index contributed by atoms with van der Waals surface area (Å²) >= 11 is 0. The summed E-state index contributed by atoms with van der Waals surface area (Å²) in [6.45, 7) is 3.88. The fourth-order valence-electron chi connectivity index (χ4n) is 2.84. The number of nitrogens with two attached hydrogens (primary N) is 2. The van der Waals surface area contributed by atoms with E-state index in [-0.39, 0.29) is 28.2 Å². The molecule has 1 aromatic carbocycles. The highest BCUT2D eigenvalue weighted by atomic mass is 16.5. The summed E-state index contributed by atoms with van der Waals surface area (Å²) in [5, 5.41) is 2.67. The first-order valence-corrected chi connectivity index (χ1v) is 7.97. The molecule has 0 saturated carbocycles. The minimum atomic E-state index is -0.675. The van der Waals surface area contributed by atoms with Crippen LogP contribution in [0.4, 0.5) is 5.69 Å². The van der Waals surface area contributed by atoms with Crippen LogP contribution in [0, 0.1) is 0 Å². The summed E-state index contributed by atoms with van der Waals surface area (Å²) in [5.74, 6) is -0.452. The molecule has 8 heteroatoms. The van der Waals surface area contributed by atoms with E-state index >= 15 is 0 Å². The van der Waals surface area contributed by atoms with Crippen LogP contribution < -0.4 is 21.5 Å². The smallest absolute Gasteiger partial charge is 0.260 e. The van der Waals surface area contributed by atoms with Gasteiger partial charge in [-0.2, -0.15) is 0 Å². The number of carbonyl (C=O) groups is 2. The molecule has 1 aromatic heterocycles. The Morgan fingerprint density at radius 2 is 1.96 bits per heavy atom. The maximum Gasteiger partial charge on any atom is 0.260 e. The van der Waals surface area contributed by atoms with Gasteiger partial charge in [0.15, 0.2) is 5.82 Å². The molecule has 1 aliphatic heterocycles. The molecule has 0 fully saturated rings. The number of benzene rings is 1. The average molecular weight is 353 g/mol. The minimum Gasteiger partial charge on any atom is -0.487 e. The van der Waals surface area contributed by atoms with Crippen molar-refractivity contribution in [3.05, 3.63) is 53.7 Å². The molecule has 134 valence electrons. The van der Waals surface area contributed by atoms with Crippen LogP contribution in [0.5, 0.6) is 5.75 Å². The SMILES string of the molecule is CC1(C)Cc2cc(NC(=O)/C(=C/N)c3ncccn3)c(C(N)=O)cc2O1. The fourth-order valence-corrected chi connectivity index (χ4v) is 2.84. The number of ether oxygens (including phenoxy) is 1. The van der Waals surface area contributed by atoms with Gasteiger partial charge in [-0.25, -0.2) is 9.97 Å². The first-order valence-electron chi connectivity index (χ1n) is 7.97. The van der Waals surface area contributed by atoms with Gasteiger partial charge in [-0.3, -0.25) is 9.59 Å². The normalized spacial score (nSPS) is 15.1. The molecule has 5 N–H and O–H groups in total. The number of carbonyl (C=O) groups excluding carboxylic acids is 2. The second-order valence-electron chi connectivity index (χ2n) is 6.52. The van der Waals surface area contributed by atoms with Gasteiger partial charge in [0.1, 0.15) is 11.4 Å². The van der Waals surface area contributed by atoms with Gasteiger partial charge in [0, 0.05) is 30.6 Å². The first-order chi connectivity index (χ1) is 12.3. The minimum absolute atomic E-state index is 0.0816. The molecule has 3 rings (SSSR count). The van der Waals surface area contributed by atoms with E-state index in [4.69, 9.17) is 16.2 Å². The van der Waals surface area contributed by atoms with Crippen LogP contribution in [0.25, 0.3) is 5.57 Å². The quantitative estimate of drug-likeness (QED) is 0.708. The number of rotatable bonds is 4. The van der Waals surface area contributed by atoms with Gasteiger partial charge in [-0.1, -0.05) is 0 Å². The number of nitrogens with zero attached hydrogens (tertiary/aromatic N) is 2. The Bertz CT molecular complexity index is 907. The standard InChI is InChI=1S/C18H19N5O3/c1-18(2)8-10-6-13(11(15(20)24)7-14(10)26-18)23-17(25)12(9-19)16-21-4-3-5-22-16/h3-7,9H,8,19H2,1-2H3,(H2,20,24)(H,23,25)/b12-9+. The zero-order valence-corrected chi connectivity index (χ0v) is 14.4. The number of hydrogen-bond donors (Lipinski definition) is 3. The molecule has 1 aliphatic rings. The van der Waals surface area contributed by atoms with E-state index in [1.54, 1.807) is 18.2 Å². The molecule has 0 spiro atoms. The van der Waals surface area contributed by atoms with Gasteiger partial charge in [0.05, 0.1) is 16.8 Å². The van der Waals surface area contributed by atoms with E-state index in [0.717, 1.165) is 11.8 Å². The Morgan fingerprint density at radius 3 is 2.58 bits per heavy atom. The largest absolute Gasteiger partial charge is 0.487 e. The van der Waals surface area contributed by atoms with E-state index < -0.39 is 11.8 Å². The lowest BCUT2D eigenvalue weighted by molar-refractivity contribution is -0.111. The van der Waals surface area contributed by atoms with Crippen LogP contribution in [0.15, 0.2) is 36.8 Å². The molecule has 2 aromatic rings. The van der Waals surface area contributed by atoms with E-state index in [1.807, 2.05) is 13.8 Å². The molecule has 0 radical (unpaired) electrons. The lowest BCUT2D eigenvalue weighted by Crippen LogP contribution is -2.24. The average Bonchev–Trinajstić information content (AvgIpc) is 2.88. The zero-order valence-electron chi connectivity index (χ0n) is 14.4. The number of fused-ring (bicyclic) bond motifs is 1. The second kappa shape index (κ2) is 6.47. The van der Waals surface area contributed by atoms with Crippen molar-refractivity contribution in [3.8, 4) is 5.75 Å². The van der Waals surface area contributed by atoms with Crippen LogP contribution >= 0.6 is 0 Å². The van der Waals surface area contributed by atoms with Crippen molar-refractivity contribution in [2.75, 3.05) is 5.32 Å². The van der Waals surface area contributed by atoms with Gasteiger partial charge in [0.25, 0.3) is 11.8 Å². The summed E-state index contributed by atoms with van der Waals surface area (Å²) < 4.78 is 5.81. The maximum atomic E-state index is 12.6. The summed E-state index contributed by atoms with van der Waals surface area (Å²) in [7, 11) is 0. The predicted molar refractivity (Wildman–Crippen MR) is 96.2 cm³/mol. The van der Waals surface area contributed by atoms with Gasteiger partial charge in [0.2, 0.25) is 0 Å². The van der Waals surface area contributed by atoms with Crippen LogP contribution in [-0.4, -0.2) is 27.4 Å². The lowest BCUT2D eigenvalue weighted by Gasteiger charge is -2.17. The van der Waals surface area contributed by atoms with Gasteiger partial charge >= 0.3 is 0 Å². The molecule has 2 amide bonds. The number of nitrogens with one attached hydrogen (secondary N) is 1. The van der Waals surface area contributed by atoms with Crippen molar-refractivity contribution < 1.29 is 14.3 Å². The molecule has 2 heterocycles. The Balaban J connectivity index is 1.95. The van der Waals surface area contributed by atoms with E-state index in [0.29, 0.717) is 12.2 Å². The van der Waals surface area contributed by atoms with E-state index in [2.05, 4.69) is 15.3 Å². The van der Waals surface area contributed by atoms with Crippen molar-refractivity contribution in [2.24, 2.45) is 11.5 Å². The summed E-state index contributed by atoms with van der Waals surface area (Å²) in [6.07, 6.45) is 4.77. The molecule has 8 nitrogen and oxygen atoms in total. The van der Waals surface area contributed by atoms with Gasteiger partial charge in [-0.05, 0) is 32.0 Å². The molecular weight excluding hydrogens is 334 g/mol. The second-order valence-corrected chi connectivity index (χ2v) is 6.52. The van der Waals surface area contributed by atoms with E-state index in [1.165, 1.54) is 12.4 Å². The predicted octanol–water partition coefficient (Wildman–Crippen LogP) is 1.23. The fraction of sp³-hybridized carbons (Fsp3) is 0.222. The van der Waals surface area contributed by atoms with Crippen LogP contribution in [0.1, 0.15) is 35.6 Å². The molecule has 0 aliphatic carbocycles. The number of amides is 2. The monoisotopic (exact) mass is 353 g/mol. The molecule has 0 saturated heterocycles. The zero-order chi connectivity index (χ0) is 18.9.